The number of allylic oxidation sites excluding steroid dienone is 5. The molecule has 0 nitrogen and oxygen atoms in total. The van der Waals surface area contributed by atoms with E-state index in [9.17, 15) is 0 Å². The van der Waals surface area contributed by atoms with Gasteiger partial charge in [-0.25, -0.2) is 11.6 Å². The Labute approximate surface area is 93.1 Å². The van der Waals surface area contributed by atoms with Crippen LogP contribution in [0.4, 0.5) is 0 Å². The molecule has 0 spiro atoms. The van der Waals surface area contributed by atoms with Gasteiger partial charge >= 0.3 is 0 Å². The van der Waals surface area contributed by atoms with Crippen LogP contribution in [-0.4, -0.2) is 5.88 Å². The molecule has 0 atom stereocenters. The second kappa shape index (κ2) is 10.4. The summed E-state index contributed by atoms with van der Waals surface area (Å²) in [5, 5.41) is 0. The van der Waals surface area contributed by atoms with E-state index in [4.69, 9.17) is 11.6 Å². The third-order valence-electron chi connectivity index (χ3n) is 0.976. The summed E-state index contributed by atoms with van der Waals surface area (Å²) in [5.74, 6) is 0.556. The molecule has 2 heteroatoms. The van der Waals surface area contributed by atoms with Crippen molar-refractivity contribution >= 4 is 11.6 Å². The van der Waals surface area contributed by atoms with Gasteiger partial charge in [0.15, 0.2) is 0 Å². The van der Waals surface area contributed by atoms with Crippen molar-refractivity contribution in [3.05, 3.63) is 36.5 Å². The minimum Gasteiger partial charge on any atom is -0.270 e. The average Bonchev–Trinajstić information content (AvgIpc) is 2.40. The minimum absolute atomic E-state index is 0. The van der Waals surface area contributed by atoms with Gasteiger partial charge in [-0.3, -0.25) is 6.08 Å². The number of halogens is 1. The van der Waals surface area contributed by atoms with Crippen LogP contribution in [0.15, 0.2) is 30.4 Å². The molecule has 0 amide bonds. The standard InChI is InChI=1S/C6H7.C3H5Cl.Zr/c1-6-4-2-3-5-6;1-2-3-4;/h2,4H,3H2,1H3;2H,1,3H2;/q-1;;. The molecule has 0 saturated carbocycles. The molecule has 0 aliphatic heterocycles. The zero-order chi connectivity index (χ0) is 7.82. The maximum atomic E-state index is 5.07. The fourth-order valence-electron chi connectivity index (χ4n) is 0.515. The molecule has 0 N–H and O–H groups in total. The normalized spacial score (nSPS) is 12.4. The summed E-state index contributed by atoms with van der Waals surface area (Å²) in [7, 11) is 0. The van der Waals surface area contributed by atoms with E-state index < -0.39 is 0 Å². The van der Waals surface area contributed by atoms with E-state index in [0.717, 1.165) is 6.42 Å². The van der Waals surface area contributed by atoms with Crippen LogP contribution in [0.1, 0.15) is 13.3 Å². The van der Waals surface area contributed by atoms with E-state index in [1.807, 2.05) is 0 Å². The molecule has 0 aromatic rings. The molecular weight excluding hydrogens is 235 g/mol. The zero-order valence-corrected chi connectivity index (χ0v) is 9.95. The van der Waals surface area contributed by atoms with E-state index in [-0.39, 0.29) is 26.2 Å². The molecule has 0 unspecified atom stereocenters. The zero-order valence-electron chi connectivity index (χ0n) is 6.73. The molecule has 0 radical (unpaired) electrons. The van der Waals surface area contributed by atoms with Gasteiger partial charge in [-0.2, -0.15) is 6.08 Å². The summed E-state index contributed by atoms with van der Waals surface area (Å²) < 4.78 is 0. The van der Waals surface area contributed by atoms with E-state index in [1.165, 1.54) is 5.57 Å². The van der Waals surface area contributed by atoms with Crippen LogP contribution < -0.4 is 0 Å². The fourth-order valence-corrected chi connectivity index (χ4v) is 0.515. The van der Waals surface area contributed by atoms with Crippen molar-refractivity contribution in [3.63, 3.8) is 0 Å². The molecule has 0 aromatic carbocycles. The van der Waals surface area contributed by atoms with Gasteiger partial charge < -0.3 is 0 Å². The summed E-state index contributed by atoms with van der Waals surface area (Å²) in [6.45, 7) is 5.41. The molecule has 0 saturated heterocycles. The van der Waals surface area contributed by atoms with Crippen LogP contribution >= 0.6 is 11.6 Å². The van der Waals surface area contributed by atoms with Crippen LogP contribution in [0.2, 0.25) is 0 Å². The van der Waals surface area contributed by atoms with Gasteiger partial charge in [0.2, 0.25) is 0 Å². The van der Waals surface area contributed by atoms with Crippen molar-refractivity contribution in [2.24, 2.45) is 0 Å². The van der Waals surface area contributed by atoms with Crippen molar-refractivity contribution in [3.8, 4) is 0 Å². The summed E-state index contributed by atoms with van der Waals surface area (Å²) in [6, 6.07) is 0. The van der Waals surface area contributed by atoms with Gasteiger partial charge in [0.1, 0.15) is 0 Å². The Bertz CT molecular complexity index is 145. The van der Waals surface area contributed by atoms with Crippen molar-refractivity contribution < 1.29 is 26.2 Å². The predicted octanol–water partition coefficient (Wildman–Crippen LogP) is 3.10. The maximum absolute atomic E-state index is 5.07. The third-order valence-corrected chi connectivity index (χ3v) is 1.19. The second-order valence-corrected chi connectivity index (χ2v) is 2.22. The monoisotopic (exact) mass is 245 g/mol. The van der Waals surface area contributed by atoms with E-state index in [2.05, 4.69) is 31.7 Å². The Morgan fingerprint density at radius 1 is 1.82 bits per heavy atom. The molecule has 0 heterocycles. The molecule has 0 fully saturated rings. The number of hydrogen-bond donors (Lipinski definition) is 0. The van der Waals surface area contributed by atoms with E-state index in [0.29, 0.717) is 5.88 Å². The van der Waals surface area contributed by atoms with E-state index in [1.54, 1.807) is 6.08 Å². The topological polar surface area (TPSA) is 0 Å². The number of rotatable bonds is 1. The van der Waals surface area contributed by atoms with Crippen molar-refractivity contribution in [1.29, 1.82) is 0 Å². The molecule has 11 heavy (non-hydrogen) atoms. The summed E-state index contributed by atoms with van der Waals surface area (Å²) in [5.41, 5.74) is 1.27. The summed E-state index contributed by atoms with van der Waals surface area (Å²) in [4.78, 5) is 0. The molecular formula is C9H12ClZr-. The van der Waals surface area contributed by atoms with Gasteiger partial charge in [-0.15, -0.1) is 24.6 Å². The Morgan fingerprint density at radius 2 is 2.36 bits per heavy atom. The van der Waals surface area contributed by atoms with Gasteiger partial charge in [0, 0.05) is 32.1 Å². The quantitative estimate of drug-likeness (QED) is 0.379. The first-order chi connectivity index (χ1) is 4.81. The average molecular weight is 247 g/mol. The second-order valence-electron chi connectivity index (χ2n) is 1.91. The first-order valence-corrected chi connectivity index (χ1v) is 3.75. The molecule has 1 rings (SSSR count). The largest absolute Gasteiger partial charge is 0.270 e. The molecule has 1 aliphatic rings. The fraction of sp³-hybridized carbons (Fsp3) is 0.333. The molecule has 60 valence electrons. The minimum atomic E-state index is 0. The van der Waals surface area contributed by atoms with Crippen LogP contribution in [0, 0.1) is 6.08 Å². The van der Waals surface area contributed by atoms with Crippen LogP contribution in [0.5, 0.6) is 0 Å². The van der Waals surface area contributed by atoms with Gasteiger partial charge in [0.05, 0.1) is 0 Å². The van der Waals surface area contributed by atoms with Crippen LogP contribution in [0.25, 0.3) is 0 Å². The smallest absolute Gasteiger partial charge is 0.0401 e. The Morgan fingerprint density at radius 3 is 2.45 bits per heavy atom. The van der Waals surface area contributed by atoms with Crippen molar-refractivity contribution in [1.82, 2.24) is 0 Å². The van der Waals surface area contributed by atoms with E-state index >= 15 is 0 Å². The van der Waals surface area contributed by atoms with Gasteiger partial charge in [-0.05, 0) is 0 Å². The molecule has 0 aromatic heterocycles. The summed E-state index contributed by atoms with van der Waals surface area (Å²) in [6.07, 6.45) is 9.97. The van der Waals surface area contributed by atoms with Gasteiger partial charge in [-0.1, -0.05) is 13.0 Å². The van der Waals surface area contributed by atoms with Crippen LogP contribution in [-0.2, 0) is 26.2 Å². The Hall–Kier alpha value is 0.393. The molecule has 0 bridgehead atoms. The SMILES string of the molecule is C=CCCl.CC1=[C-]CC=C1.[Zr]. The van der Waals surface area contributed by atoms with Crippen molar-refractivity contribution in [2.45, 2.75) is 13.3 Å². The maximum Gasteiger partial charge on any atom is 0.0401 e. The Kier molecular flexibility index (Phi) is 13.2. The Balaban J connectivity index is 0. The number of hydrogen-bond acceptors (Lipinski definition) is 0. The molecule has 1 aliphatic carbocycles. The van der Waals surface area contributed by atoms with Gasteiger partial charge in [0.25, 0.3) is 0 Å². The van der Waals surface area contributed by atoms with Crippen LogP contribution in [0.3, 0.4) is 0 Å². The summed E-state index contributed by atoms with van der Waals surface area (Å²) >= 11 is 5.07. The third kappa shape index (κ3) is 10.4. The first kappa shape index (κ1) is 13.9. The first-order valence-electron chi connectivity index (χ1n) is 3.22. The van der Waals surface area contributed by atoms with Crippen molar-refractivity contribution in [2.75, 3.05) is 5.88 Å². The number of alkyl halides is 1. The predicted molar refractivity (Wildman–Crippen MR) is 47.1 cm³/mol.